The van der Waals surface area contributed by atoms with Crippen LogP contribution in [0.3, 0.4) is 0 Å². The van der Waals surface area contributed by atoms with Crippen molar-refractivity contribution in [1.29, 1.82) is 0 Å². The molecule has 0 bridgehead atoms. The zero-order valence-electron chi connectivity index (χ0n) is 13.3. The molecule has 1 aromatic heterocycles. The van der Waals surface area contributed by atoms with Crippen LogP contribution in [-0.4, -0.2) is 10.1 Å². The lowest BCUT2D eigenvalue weighted by Crippen LogP contribution is -2.12. The third kappa shape index (κ3) is 4.64. The Bertz CT molecular complexity index is 486. The predicted molar refractivity (Wildman–Crippen MR) is 62.9 cm³/mol. The molecule has 0 fully saturated rings. The van der Waals surface area contributed by atoms with E-state index in [1.807, 2.05) is 0 Å². The van der Waals surface area contributed by atoms with E-state index in [9.17, 15) is 18.3 Å². The Kier molecular flexibility index (Phi) is 3.15. The summed E-state index contributed by atoms with van der Waals surface area (Å²) in [6.07, 6.45) is -5.63. The summed E-state index contributed by atoms with van der Waals surface area (Å²) in [5.74, 6) is 0. The van der Waals surface area contributed by atoms with Gasteiger partial charge in [0.1, 0.15) is 5.69 Å². The average molecular weight is 264 g/mol. The van der Waals surface area contributed by atoms with Crippen molar-refractivity contribution >= 4 is 0 Å². The van der Waals surface area contributed by atoms with E-state index in [-0.39, 0.29) is 18.5 Å². The normalized spacial score (nSPS) is 17.8. The Balaban J connectivity index is 2.80. The monoisotopic (exact) mass is 264 g/mol. The molecule has 1 unspecified atom stereocenters. The number of hydrogen-bond donors (Lipinski definition) is 1. The molecule has 5 heteroatoms. The first-order valence-electron chi connectivity index (χ1n) is 7.07. The molecule has 2 nitrogen and oxygen atoms in total. The maximum absolute atomic E-state index is 12.5. The molecule has 1 aromatic rings. The molecule has 18 heavy (non-hydrogen) atoms. The highest BCUT2D eigenvalue weighted by atomic mass is 19.4. The Morgan fingerprint density at radius 2 is 2.06 bits per heavy atom. The Morgan fingerprint density at radius 3 is 2.61 bits per heavy atom. The number of hydrogen-bond acceptors (Lipinski definition) is 2. The summed E-state index contributed by atoms with van der Waals surface area (Å²) >= 11 is 0. The Hall–Kier alpha value is -1.10. The van der Waals surface area contributed by atoms with Crippen molar-refractivity contribution in [2.75, 3.05) is 0 Å². The van der Waals surface area contributed by atoms with Gasteiger partial charge in [0.25, 0.3) is 0 Å². The fraction of sp³-hybridized carbons (Fsp3) is 0.615. The highest BCUT2D eigenvalue weighted by Gasteiger charge is 2.32. The lowest BCUT2D eigenvalue weighted by atomic mass is 9.89. The fourth-order valence-corrected chi connectivity index (χ4v) is 1.44. The molecule has 0 spiro atoms. The summed E-state index contributed by atoms with van der Waals surface area (Å²) < 4.78 is 59.8. The molecule has 0 aromatic carbocycles. The number of rotatable bonds is 3. The van der Waals surface area contributed by atoms with Gasteiger partial charge >= 0.3 is 6.18 Å². The third-order valence-corrected chi connectivity index (χ3v) is 2.45. The molecule has 1 N–H and O–H groups in total. The molecular formula is C13H18F3NO. The van der Waals surface area contributed by atoms with E-state index in [4.69, 9.17) is 4.11 Å². The minimum absolute atomic E-state index is 0.0275. The molecule has 0 amide bonds. The number of aromatic nitrogens is 1. The molecular weight excluding hydrogens is 243 g/mol. The number of halogens is 3. The van der Waals surface area contributed by atoms with Gasteiger partial charge in [0, 0.05) is 4.11 Å². The van der Waals surface area contributed by atoms with E-state index >= 15 is 0 Å². The molecule has 1 atom stereocenters. The van der Waals surface area contributed by atoms with Crippen LogP contribution < -0.4 is 0 Å². The van der Waals surface area contributed by atoms with Crippen LogP contribution in [0.2, 0.25) is 0 Å². The van der Waals surface area contributed by atoms with Crippen LogP contribution in [0, 0.1) is 5.41 Å². The van der Waals surface area contributed by atoms with Gasteiger partial charge in [-0.15, -0.1) is 0 Å². The van der Waals surface area contributed by atoms with Gasteiger partial charge in [0.2, 0.25) is 0 Å². The highest BCUT2D eigenvalue weighted by molar-refractivity contribution is 5.15. The second kappa shape index (κ2) is 5.26. The fourth-order valence-electron chi connectivity index (χ4n) is 1.44. The topological polar surface area (TPSA) is 33.1 Å². The van der Waals surface area contributed by atoms with E-state index in [2.05, 4.69) is 4.98 Å². The standard InChI is InChI=1S/C13H18F3NO/c1-12(2,3)8-7-10(18)9-5-4-6-11(17-9)13(14,15)16/h4-6,10,18H,7-8H2,1-3H3/i1D3. The van der Waals surface area contributed by atoms with Crippen molar-refractivity contribution in [3.05, 3.63) is 29.6 Å². The molecule has 0 aliphatic rings. The van der Waals surface area contributed by atoms with E-state index in [1.54, 1.807) is 0 Å². The minimum atomic E-state index is -4.58. The van der Waals surface area contributed by atoms with Crippen molar-refractivity contribution < 1.29 is 22.4 Å². The zero-order chi connectivity index (χ0) is 16.5. The summed E-state index contributed by atoms with van der Waals surface area (Å²) in [7, 11) is 0. The average Bonchev–Trinajstić information content (AvgIpc) is 2.34. The lowest BCUT2D eigenvalue weighted by Gasteiger charge is -2.20. The molecule has 1 heterocycles. The molecule has 0 aliphatic carbocycles. The number of nitrogens with zero attached hydrogens (tertiary/aromatic N) is 1. The van der Waals surface area contributed by atoms with Crippen molar-refractivity contribution in [1.82, 2.24) is 4.98 Å². The Morgan fingerprint density at radius 1 is 1.39 bits per heavy atom. The minimum Gasteiger partial charge on any atom is -0.387 e. The van der Waals surface area contributed by atoms with E-state index in [0.29, 0.717) is 0 Å². The van der Waals surface area contributed by atoms with Gasteiger partial charge in [-0.3, -0.25) is 0 Å². The number of alkyl halides is 3. The van der Waals surface area contributed by atoms with Crippen LogP contribution in [0.1, 0.15) is 55.1 Å². The third-order valence-electron chi connectivity index (χ3n) is 2.45. The second-order valence-electron chi connectivity index (χ2n) is 4.88. The first-order valence-corrected chi connectivity index (χ1v) is 5.57. The van der Waals surface area contributed by atoms with Gasteiger partial charge < -0.3 is 5.11 Å². The number of pyridine rings is 1. The summed E-state index contributed by atoms with van der Waals surface area (Å²) in [4.78, 5) is 3.39. The van der Waals surface area contributed by atoms with E-state index in [0.717, 1.165) is 6.07 Å². The SMILES string of the molecule is [2H]C([2H])([2H])C(C)(C)CCC(O)c1cccc(C(F)(F)F)n1. The maximum atomic E-state index is 12.5. The molecule has 0 radical (unpaired) electrons. The van der Waals surface area contributed by atoms with Gasteiger partial charge in [-0.05, 0) is 30.4 Å². The van der Waals surface area contributed by atoms with Gasteiger partial charge in [0.15, 0.2) is 0 Å². The van der Waals surface area contributed by atoms with Gasteiger partial charge in [0.05, 0.1) is 11.8 Å². The predicted octanol–water partition coefficient (Wildman–Crippen LogP) is 3.96. The van der Waals surface area contributed by atoms with Crippen LogP contribution in [-0.2, 0) is 6.18 Å². The van der Waals surface area contributed by atoms with Crippen molar-refractivity contribution in [2.24, 2.45) is 5.41 Å². The molecule has 0 saturated heterocycles. The van der Waals surface area contributed by atoms with Crippen molar-refractivity contribution in [3.8, 4) is 0 Å². The first kappa shape index (κ1) is 10.8. The number of aliphatic hydroxyl groups is 1. The summed E-state index contributed by atoms with van der Waals surface area (Å²) in [5, 5.41) is 9.93. The van der Waals surface area contributed by atoms with Gasteiger partial charge in [-0.2, -0.15) is 13.2 Å². The van der Waals surface area contributed by atoms with Crippen molar-refractivity contribution in [2.45, 2.75) is 45.8 Å². The van der Waals surface area contributed by atoms with Crippen molar-refractivity contribution in [3.63, 3.8) is 0 Å². The van der Waals surface area contributed by atoms with Crippen LogP contribution >= 0.6 is 0 Å². The molecule has 102 valence electrons. The van der Waals surface area contributed by atoms with E-state index < -0.39 is 30.2 Å². The van der Waals surface area contributed by atoms with Gasteiger partial charge in [-0.25, -0.2) is 4.98 Å². The van der Waals surface area contributed by atoms with E-state index in [1.165, 1.54) is 26.0 Å². The first-order chi connectivity index (χ1) is 9.34. The van der Waals surface area contributed by atoms with Crippen LogP contribution in [0.4, 0.5) is 13.2 Å². The smallest absolute Gasteiger partial charge is 0.387 e. The zero-order valence-corrected chi connectivity index (χ0v) is 10.3. The quantitative estimate of drug-likeness (QED) is 0.896. The van der Waals surface area contributed by atoms with Crippen LogP contribution in [0.5, 0.6) is 0 Å². The summed E-state index contributed by atoms with van der Waals surface area (Å²) in [6, 6.07) is 3.29. The van der Waals surface area contributed by atoms with Crippen LogP contribution in [0.25, 0.3) is 0 Å². The van der Waals surface area contributed by atoms with Crippen LogP contribution in [0.15, 0.2) is 18.2 Å². The molecule has 0 aliphatic heterocycles. The largest absolute Gasteiger partial charge is 0.433 e. The Labute approximate surface area is 109 Å². The lowest BCUT2D eigenvalue weighted by molar-refractivity contribution is -0.141. The van der Waals surface area contributed by atoms with Gasteiger partial charge in [-0.1, -0.05) is 26.8 Å². The number of aliphatic hydroxyl groups excluding tert-OH is 1. The summed E-state index contributed by atoms with van der Waals surface area (Å²) in [5.41, 5.74) is -2.21. The summed E-state index contributed by atoms with van der Waals surface area (Å²) in [6.45, 7) is 0.868. The molecule has 0 saturated carbocycles. The highest BCUT2D eigenvalue weighted by Crippen LogP contribution is 2.30. The molecule has 1 rings (SSSR count). The maximum Gasteiger partial charge on any atom is 0.433 e. The second-order valence-corrected chi connectivity index (χ2v) is 4.88.